The topological polar surface area (TPSA) is 29.0 Å². The van der Waals surface area contributed by atoms with E-state index in [0.717, 1.165) is 0 Å². The maximum Gasteiger partial charge on any atom is 0.297 e. The zero-order valence-corrected chi connectivity index (χ0v) is 12.4. The molecule has 0 aliphatic carbocycles. The summed E-state index contributed by atoms with van der Waals surface area (Å²) in [6.07, 6.45) is -2.76. The maximum absolute atomic E-state index is 13.8. The van der Waals surface area contributed by atoms with Crippen molar-refractivity contribution in [2.45, 2.75) is 13.0 Å². The summed E-state index contributed by atoms with van der Waals surface area (Å²) in [4.78, 5) is 9.50. The van der Waals surface area contributed by atoms with Gasteiger partial charge in [0.25, 0.3) is 6.43 Å². The molecule has 0 bridgehead atoms. The third-order valence-corrected chi connectivity index (χ3v) is 3.52. The lowest BCUT2D eigenvalue weighted by molar-refractivity contribution is 0.141. The summed E-state index contributed by atoms with van der Waals surface area (Å²) in [7, 11) is 1.69. The molecule has 3 aromatic rings. The van der Waals surface area contributed by atoms with Crippen LogP contribution in [0.25, 0.3) is 10.9 Å². The van der Waals surface area contributed by atoms with Crippen molar-refractivity contribution in [2.24, 2.45) is 0 Å². The van der Waals surface area contributed by atoms with Crippen LogP contribution in [0.2, 0.25) is 0 Å². The molecule has 0 aliphatic heterocycles. The molecule has 1 heterocycles. The van der Waals surface area contributed by atoms with E-state index in [-0.39, 0.29) is 12.4 Å². The fourth-order valence-corrected chi connectivity index (χ4v) is 2.42. The molecule has 1 aromatic heterocycles. The van der Waals surface area contributed by atoms with Crippen molar-refractivity contribution in [1.29, 1.82) is 0 Å². The van der Waals surface area contributed by atoms with Crippen molar-refractivity contribution in [2.75, 3.05) is 11.9 Å². The molecule has 0 unspecified atom stereocenters. The molecule has 3 rings (SSSR count). The van der Waals surface area contributed by atoms with Gasteiger partial charge in [0, 0.05) is 24.5 Å². The van der Waals surface area contributed by atoms with E-state index in [9.17, 15) is 13.2 Å². The van der Waals surface area contributed by atoms with Gasteiger partial charge in [0.05, 0.1) is 5.52 Å². The molecule has 23 heavy (non-hydrogen) atoms. The van der Waals surface area contributed by atoms with E-state index in [2.05, 4.69) is 9.97 Å². The molecule has 3 nitrogen and oxygen atoms in total. The highest BCUT2D eigenvalue weighted by molar-refractivity contribution is 5.89. The van der Waals surface area contributed by atoms with Gasteiger partial charge < -0.3 is 4.90 Å². The highest BCUT2D eigenvalue weighted by atomic mass is 19.3. The SMILES string of the molecule is CN(Cc1ccccc1F)c1nc(C(F)F)nc2ccccc12. The highest BCUT2D eigenvalue weighted by Crippen LogP contribution is 2.27. The Labute approximate surface area is 131 Å². The monoisotopic (exact) mass is 317 g/mol. The summed E-state index contributed by atoms with van der Waals surface area (Å²) >= 11 is 0. The summed E-state index contributed by atoms with van der Waals surface area (Å²) < 4.78 is 39.9. The minimum Gasteiger partial charge on any atom is -0.355 e. The molecule has 0 aliphatic rings. The normalized spacial score (nSPS) is 11.2. The Balaban J connectivity index is 2.05. The largest absolute Gasteiger partial charge is 0.355 e. The second-order valence-corrected chi connectivity index (χ2v) is 5.17. The molecule has 0 amide bonds. The van der Waals surface area contributed by atoms with Gasteiger partial charge in [-0.3, -0.25) is 0 Å². The van der Waals surface area contributed by atoms with Crippen LogP contribution >= 0.6 is 0 Å². The minimum atomic E-state index is -2.76. The fraction of sp³-hybridized carbons (Fsp3) is 0.176. The van der Waals surface area contributed by atoms with Crippen molar-refractivity contribution >= 4 is 16.7 Å². The average Bonchev–Trinajstić information content (AvgIpc) is 2.55. The Kier molecular flexibility index (Phi) is 4.14. The molecule has 118 valence electrons. The Morgan fingerprint density at radius 3 is 2.43 bits per heavy atom. The van der Waals surface area contributed by atoms with Crippen LogP contribution in [0, 0.1) is 5.82 Å². The van der Waals surface area contributed by atoms with Crippen LogP contribution in [-0.4, -0.2) is 17.0 Å². The van der Waals surface area contributed by atoms with Gasteiger partial charge >= 0.3 is 0 Å². The smallest absolute Gasteiger partial charge is 0.297 e. The summed E-state index contributed by atoms with van der Waals surface area (Å²) in [6.45, 7) is 0.219. The molecule has 2 aromatic carbocycles. The van der Waals surface area contributed by atoms with Gasteiger partial charge in [-0.25, -0.2) is 23.1 Å². The number of fused-ring (bicyclic) bond motifs is 1. The Hall–Kier alpha value is -2.63. The zero-order chi connectivity index (χ0) is 16.4. The van der Waals surface area contributed by atoms with Crippen LogP contribution < -0.4 is 4.90 Å². The van der Waals surface area contributed by atoms with Gasteiger partial charge in [-0.1, -0.05) is 30.3 Å². The number of aromatic nitrogens is 2. The second kappa shape index (κ2) is 6.24. The van der Waals surface area contributed by atoms with Crippen LogP contribution in [0.5, 0.6) is 0 Å². The number of rotatable bonds is 4. The van der Waals surface area contributed by atoms with E-state index in [0.29, 0.717) is 22.3 Å². The Bertz CT molecular complexity index is 836. The number of anilines is 1. The summed E-state index contributed by atoms with van der Waals surface area (Å²) in [6, 6.07) is 13.3. The molecule has 0 saturated carbocycles. The molecule has 0 saturated heterocycles. The lowest BCUT2D eigenvalue weighted by atomic mass is 10.2. The number of alkyl halides is 2. The zero-order valence-electron chi connectivity index (χ0n) is 12.4. The lowest BCUT2D eigenvalue weighted by Gasteiger charge is -2.21. The Morgan fingerprint density at radius 1 is 1.00 bits per heavy atom. The molecule has 0 fully saturated rings. The van der Waals surface area contributed by atoms with E-state index in [1.54, 1.807) is 54.4 Å². The molecular weight excluding hydrogens is 303 g/mol. The van der Waals surface area contributed by atoms with Crippen LogP contribution in [0.3, 0.4) is 0 Å². The summed E-state index contributed by atoms with van der Waals surface area (Å²) in [5.74, 6) is -0.514. The summed E-state index contributed by atoms with van der Waals surface area (Å²) in [5.41, 5.74) is 0.907. The van der Waals surface area contributed by atoms with Gasteiger partial charge in [-0.05, 0) is 18.2 Å². The van der Waals surface area contributed by atoms with Gasteiger partial charge in [0.15, 0.2) is 5.82 Å². The predicted molar refractivity (Wildman–Crippen MR) is 83.0 cm³/mol. The van der Waals surface area contributed by atoms with Gasteiger partial charge in [0.1, 0.15) is 11.6 Å². The van der Waals surface area contributed by atoms with E-state index >= 15 is 0 Å². The molecule has 0 radical (unpaired) electrons. The minimum absolute atomic E-state index is 0.219. The van der Waals surface area contributed by atoms with E-state index in [4.69, 9.17) is 0 Å². The highest BCUT2D eigenvalue weighted by Gasteiger charge is 2.17. The first-order valence-corrected chi connectivity index (χ1v) is 7.05. The van der Waals surface area contributed by atoms with Crippen molar-refractivity contribution in [3.63, 3.8) is 0 Å². The number of hydrogen-bond acceptors (Lipinski definition) is 3. The predicted octanol–water partition coefficient (Wildman–Crippen LogP) is 4.34. The van der Waals surface area contributed by atoms with Crippen LogP contribution in [-0.2, 0) is 6.54 Å². The van der Waals surface area contributed by atoms with E-state index in [1.165, 1.54) is 6.07 Å². The molecule has 6 heteroatoms. The first kappa shape index (κ1) is 15.3. The van der Waals surface area contributed by atoms with Crippen molar-refractivity contribution < 1.29 is 13.2 Å². The molecule has 0 spiro atoms. The fourth-order valence-electron chi connectivity index (χ4n) is 2.42. The van der Waals surface area contributed by atoms with E-state index < -0.39 is 12.2 Å². The van der Waals surface area contributed by atoms with Gasteiger partial charge in [-0.2, -0.15) is 0 Å². The van der Waals surface area contributed by atoms with E-state index in [1.807, 2.05) is 0 Å². The third kappa shape index (κ3) is 3.11. The molecule has 0 atom stereocenters. The first-order chi connectivity index (χ1) is 11.1. The Morgan fingerprint density at radius 2 is 1.70 bits per heavy atom. The molecular formula is C17H14F3N3. The van der Waals surface area contributed by atoms with Crippen molar-refractivity contribution in [3.8, 4) is 0 Å². The van der Waals surface area contributed by atoms with Crippen molar-refractivity contribution in [3.05, 3.63) is 65.7 Å². The maximum atomic E-state index is 13.8. The second-order valence-electron chi connectivity index (χ2n) is 5.17. The average molecular weight is 317 g/mol. The number of benzene rings is 2. The van der Waals surface area contributed by atoms with Crippen LogP contribution in [0.15, 0.2) is 48.5 Å². The third-order valence-electron chi connectivity index (χ3n) is 3.52. The quantitative estimate of drug-likeness (QED) is 0.716. The van der Waals surface area contributed by atoms with Crippen LogP contribution in [0.4, 0.5) is 19.0 Å². The lowest BCUT2D eigenvalue weighted by Crippen LogP contribution is -2.20. The number of hydrogen-bond donors (Lipinski definition) is 0. The van der Waals surface area contributed by atoms with Gasteiger partial charge in [0.2, 0.25) is 0 Å². The standard InChI is InChI=1S/C17H14F3N3/c1-23(10-11-6-2-4-8-13(11)18)17-12-7-3-5-9-14(12)21-16(22-17)15(19)20/h2-9,15H,10H2,1H3. The number of nitrogens with zero attached hydrogens (tertiary/aromatic N) is 3. The molecule has 0 N–H and O–H groups in total. The first-order valence-electron chi connectivity index (χ1n) is 7.05. The van der Waals surface area contributed by atoms with Crippen molar-refractivity contribution in [1.82, 2.24) is 9.97 Å². The summed E-state index contributed by atoms with van der Waals surface area (Å²) in [5, 5.41) is 0.649. The number of halogens is 3. The number of para-hydroxylation sites is 1. The van der Waals surface area contributed by atoms with Gasteiger partial charge in [-0.15, -0.1) is 0 Å². The van der Waals surface area contributed by atoms with Crippen LogP contribution in [0.1, 0.15) is 17.8 Å².